The van der Waals surface area contributed by atoms with Crippen LogP contribution in [0, 0.1) is 0 Å². The van der Waals surface area contributed by atoms with Crippen LogP contribution in [0.3, 0.4) is 0 Å². The van der Waals surface area contributed by atoms with Crippen molar-refractivity contribution in [2.75, 3.05) is 26.0 Å². The van der Waals surface area contributed by atoms with Crippen molar-refractivity contribution in [2.24, 2.45) is 0 Å². The summed E-state index contributed by atoms with van der Waals surface area (Å²) in [5.41, 5.74) is 0.264. The lowest BCUT2D eigenvalue weighted by Crippen LogP contribution is -2.49. The number of anilines is 1. The number of nitrogens with zero attached hydrogens (tertiary/aromatic N) is 1. The van der Waals surface area contributed by atoms with Gasteiger partial charge in [0, 0.05) is 12.7 Å². The minimum Gasteiger partial charge on any atom is -0.406 e. The van der Waals surface area contributed by atoms with Gasteiger partial charge in [-0.25, -0.2) is 4.79 Å². The number of alkyl halides is 3. The lowest BCUT2D eigenvalue weighted by Gasteiger charge is -2.22. The Morgan fingerprint density at radius 2 is 1.77 bits per heavy atom. The number of hydrogen-bond acceptors (Lipinski definition) is 5. The van der Waals surface area contributed by atoms with E-state index in [-0.39, 0.29) is 12.2 Å². The molecule has 8 nitrogen and oxygen atoms in total. The number of likely N-dealkylation sites (N-methyl/N-ethyl adjacent to an activating group) is 1. The summed E-state index contributed by atoms with van der Waals surface area (Å²) >= 11 is 0. The van der Waals surface area contributed by atoms with Crippen LogP contribution in [0.25, 0.3) is 0 Å². The van der Waals surface area contributed by atoms with Crippen molar-refractivity contribution < 1.29 is 32.3 Å². The maximum Gasteiger partial charge on any atom is 0.573 e. The molecule has 4 amide bonds. The summed E-state index contributed by atoms with van der Waals surface area (Å²) in [6, 6.07) is 3.20. The van der Waals surface area contributed by atoms with E-state index in [0.717, 1.165) is 12.1 Å². The highest BCUT2D eigenvalue weighted by Crippen LogP contribution is 2.23. The monoisotopic (exact) mass is 376 g/mol. The van der Waals surface area contributed by atoms with E-state index < -0.39 is 36.0 Å². The van der Waals surface area contributed by atoms with Crippen LogP contribution >= 0.6 is 0 Å². The van der Waals surface area contributed by atoms with Crippen molar-refractivity contribution in [2.45, 2.75) is 19.3 Å². The summed E-state index contributed by atoms with van der Waals surface area (Å²) in [5, 5.41) is 6.80. The Morgan fingerprint density at radius 1 is 1.19 bits per heavy atom. The second-order valence-corrected chi connectivity index (χ2v) is 5.28. The number of halogens is 3. The normalized spacial score (nSPS) is 12.3. The Kier molecular flexibility index (Phi) is 7.38. The van der Waals surface area contributed by atoms with Gasteiger partial charge in [-0.15, -0.1) is 13.2 Å². The molecule has 0 aliphatic carbocycles. The van der Waals surface area contributed by atoms with E-state index in [1.54, 1.807) is 0 Å². The second kappa shape index (κ2) is 9.04. The van der Waals surface area contributed by atoms with Gasteiger partial charge in [0.15, 0.2) is 0 Å². The van der Waals surface area contributed by atoms with Gasteiger partial charge in [-0.3, -0.25) is 19.8 Å². The maximum atomic E-state index is 12.1. The van der Waals surface area contributed by atoms with Gasteiger partial charge in [0.1, 0.15) is 5.75 Å². The first kappa shape index (κ1) is 21.2. The van der Waals surface area contributed by atoms with Gasteiger partial charge < -0.3 is 15.4 Å². The third kappa shape index (κ3) is 7.38. The third-order valence-corrected chi connectivity index (χ3v) is 3.27. The average molecular weight is 376 g/mol. The fourth-order valence-corrected chi connectivity index (χ4v) is 1.78. The van der Waals surface area contributed by atoms with E-state index in [2.05, 4.69) is 20.7 Å². The van der Waals surface area contributed by atoms with Gasteiger partial charge in [0.05, 0.1) is 12.6 Å². The summed E-state index contributed by atoms with van der Waals surface area (Å²) in [4.78, 5) is 36.3. The Labute approximate surface area is 147 Å². The minimum absolute atomic E-state index is 0.177. The van der Waals surface area contributed by atoms with Crippen LogP contribution in [-0.4, -0.2) is 55.8 Å². The predicted molar refractivity (Wildman–Crippen MR) is 86.4 cm³/mol. The number of rotatable bonds is 6. The molecule has 0 fully saturated rings. The molecule has 0 aliphatic heterocycles. The molecule has 0 saturated carbocycles. The van der Waals surface area contributed by atoms with Crippen LogP contribution in [0.2, 0.25) is 0 Å². The molecule has 1 atom stereocenters. The summed E-state index contributed by atoms with van der Waals surface area (Å²) in [6.45, 7) is 1.33. The van der Waals surface area contributed by atoms with E-state index in [0.29, 0.717) is 0 Å². The van der Waals surface area contributed by atoms with Crippen molar-refractivity contribution >= 4 is 23.5 Å². The molecule has 11 heteroatoms. The number of carbonyl (C=O) groups is 3. The first-order chi connectivity index (χ1) is 12.0. The Bertz CT molecular complexity index is 649. The fraction of sp³-hybridized carbons (Fsp3) is 0.400. The van der Waals surface area contributed by atoms with Crippen molar-refractivity contribution in [3.63, 3.8) is 0 Å². The molecule has 0 unspecified atom stereocenters. The van der Waals surface area contributed by atoms with Crippen LogP contribution in [0.4, 0.5) is 23.7 Å². The molecule has 26 heavy (non-hydrogen) atoms. The number of hydrogen-bond donors (Lipinski definition) is 3. The van der Waals surface area contributed by atoms with Crippen molar-refractivity contribution in [1.29, 1.82) is 0 Å². The van der Waals surface area contributed by atoms with Gasteiger partial charge in [0.25, 0.3) is 0 Å². The molecule has 1 aromatic carbocycles. The van der Waals surface area contributed by atoms with E-state index in [1.165, 1.54) is 38.1 Å². The van der Waals surface area contributed by atoms with E-state index in [9.17, 15) is 27.6 Å². The lowest BCUT2D eigenvalue weighted by atomic mass is 10.2. The highest BCUT2D eigenvalue weighted by Gasteiger charge is 2.31. The number of urea groups is 1. The van der Waals surface area contributed by atoms with Crippen molar-refractivity contribution in [3.8, 4) is 5.75 Å². The number of nitrogens with one attached hydrogen (secondary N) is 3. The van der Waals surface area contributed by atoms with Crippen LogP contribution in [0.15, 0.2) is 24.3 Å². The molecule has 144 valence electrons. The summed E-state index contributed by atoms with van der Waals surface area (Å²) in [7, 11) is 2.86. The largest absolute Gasteiger partial charge is 0.573 e. The number of ether oxygens (including phenoxy) is 1. The molecule has 0 heterocycles. The van der Waals surface area contributed by atoms with Gasteiger partial charge >= 0.3 is 12.4 Å². The summed E-state index contributed by atoms with van der Waals surface area (Å²) in [5.74, 6) is -1.49. The standard InChI is InChI=1S/C15H19F3N4O4/c1-9(13(24)21-14(25)19-2)22(3)8-12(23)20-10-4-6-11(7-5-10)26-15(16,17)18/h4-7,9H,8H2,1-3H3,(H,20,23)(H2,19,21,24,25)/t9-/m0/s1. The molecule has 1 aromatic rings. The smallest absolute Gasteiger partial charge is 0.406 e. The fourth-order valence-electron chi connectivity index (χ4n) is 1.78. The zero-order chi connectivity index (χ0) is 19.9. The van der Waals surface area contributed by atoms with Crippen LogP contribution < -0.4 is 20.7 Å². The van der Waals surface area contributed by atoms with Crippen molar-refractivity contribution in [1.82, 2.24) is 15.5 Å². The van der Waals surface area contributed by atoms with Gasteiger partial charge in [-0.05, 0) is 38.2 Å². The third-order valence-electron chi connectivity index (χ3n) is 3.27. The lowest BCUT2D eigenvalue weighted by molar-refractivity contribution is -0.274. The minimum atomic E-state index is -4.79. The van der Waals surface area contributed by atoms with Gasteiger partial charge in [0.2, 0.25) is 11.8 Å². The van der Waals surface area contributed by atoms with Gasteiger partial charge in [-0.1, -0.05) is 0 Å². The number of amides is 4. The SMILES string of the molecule is CNC(=O)NC(=O)[C@H](C)N(C)CC(=O)Nc1ccc(OC(F)(F)F)cc1. The Hall–Kier alpha value is -2.82. The highest BCUT2D eigenvalue weighted by molar-refractivity contribution is 5.97. The molecular formula is C15H19F3N4O4. The van der Waals surface area contributed by atoms with Crippen molar-refractivity contribution in [3.05, 3.63) is 24.3 Å². The second-order valence-electron chi connectivity index (χ2n) is 5.28. The first-order valence-electron chi connectivity index (χ1n) is 7.40. The number of benzene rings is 1. The average Bonchev–Trinajstić information content (AvgIpc) is 2.54. The molecular weight excluding hydrogens is 357 g/mol. The molecule has 0 bridgehead atoms. The number of carbonyl (C=O) groups excluding carboxylic acids is 3. The molecule has 0 saturated heterocycles. The van der Waals surface area contributed by atoms with E-state index >= 15 is 0 Å². The highest BCUT2D eigenvalue weighted by atomic mass is 19.4. The van der Waals surface area contributed by atoms with Gasteiger partial charge in [-0.2, -0.15) is 0 Å². The van der Waals surface area contributed by atoms with E-state index in [1.807, 2.05) is 0 Å². The number of imide groups is 1. The molecule has 0 radical (unpaired) electrons. The zero-order valence-corrected chi connectivity index (χ0v) is 14.3. The topological polar surface area (TPSA) is 99.8 Å². The summed E-state index contributed by atoms with van der Waals surface area (Å²) in [6.07, 6.45) is -4.79. The van der Waals surface area contributed by atoms with Crippen LogP contribution in [0.5, 0.6) is 5.75 Å². The Balaban J connectivity index is 2.55. The molecule has 0 aliphatic rings. The molecule has 1 rings (SSSR count). The molecule has 0 aromatic heterocycles. The van der Waals surface area contributed by atoms with E-state index in [4.69, 9.17) is 0 Å². The summed E-state index contributed by atoms with van der Waals surface area (Å²) < 4.78 is 40.0. The first-order valence-corrected chi connectivity index (χ1v) is 7.40. The molecule has 0 spiro atoms. The van der Waals surface area contributed by atoms with Crippen LogP contribution in [0.1, 0.15) is 6.92 Å². The molecule has 3 N–H and O–H groups in total. The van der Waals surface area contributed by atoms with Crippen LogP contribution in [-0.2, 0) is 9.59 Å². The Morgan fingerprint density at radius 3 is 2.27 bits per heavy atom. The quantitative estimate of drug-likeness (QED) is 0.695. The maximum absolute atomic E-state index is 12.1. The predicted octanol–water partition coefficient (Wildman–Crippen LogP) is 1.30. The zero-order valence-electron chi connectivity index (χ0n) is 14.3.